The summed E-state index contributed by atoms with van der Waals surface area (Å²) in [6.07, 6.45) is 3.32. The van der Waals surface area contributed by atoms with Crippen molar-refractivity contribution in [2.75, 3.05) is 6.54 Å². The van der Waals surface area contributed by atoms with Gasteiger partial charge in [-0.25, -0.2) is 4.39 Å². The molecule has 0 aliphatic carbocycles. The second kappa shape index (κ2) is 6.15. The molecule has 19 heavy (non-hydrogen) atoms. The van der Waals surface area contributed by atoms with Crippen LogP contribution in [0.25, 0.3) is 0 Å². The first-order chi connectivity index (χ1) is 9.08. The number of likely N-dealkylation sites (tertiary alicyclic amines) is 1. The lowest BCUT2D eigenvalue weighted by Crippen LogP contribution is -2.42. The van der Waals surface area contributed by atoms with Gasteiger partial charge >= 0.3 is 5.97 Å². The minimum absolute atomic E-state index is 0.213. The van der Waals surface area contributed by atoms with Gasteiger partial charge in [-0.1, -0.05) is 12.1 Å². The standard InChI is InChI=1S/C15H20FNO2/c1-11(17-9-3-6-14(17)15(18)19)7-8-12-4-2-5-13(16)10-12/h2,4-5,10-11,14H,3,6-9H2,1H3,(H,18,19)/t11?,14-/m0/s1. The topological polar surface area (TPSA) is 40.5 Å². The fourth-order valence-electron chi connectivity index (χ4n) is 2.82. The Morgan fingerprint density at radius 1 is 1.58 bits per heavy atom. The third kappa shape index (κ3) is 3.53. The molecule has 2 atom stereocenters. The molecule has 0 bridgehead atoms. The zero-order valence-electron chi connectivity index (χ0n) is 11.2. The molecule has 104 valence electrons. The fraction of sp³-hybridized carbons (Fsp3) is 0.533. The Hall–Kier alpha value is -1.42. The van der Waals surface area contributed by atoms with Crippen LogP contribution in [0, 0.1) is 5.82 Å². The molecule has 1 aromatic rings. The summed E-state index contributed by atoms with van der Waals surface area (Å²) in [4.78, 5) is 13.2. The monoisotopic (exact) mass is 265 g/mol. The average molecular weight is 265 g/mol. The molecule has 0 spiro atoms. The van der Waals surface area contributed by atoms with Crippen LogP contribution >= 0.6 is 0 Å². The van der Waals surface area contributed by atoms with Crippen molar-refractivity contribution < 1.29 is 14.3 Å². The number of halogens is 1. The summed E-state index contributed by atoms with van der Waals surface area (Å²) >= 11 is 0. The van der Waals surface area contributed by atoms with Crippen LogP contribution in [0.4, 0.5) is 4.39 Å². The van der Waals surface area contributed by atoms with Crippen molar-refractivity contribution in [2.24, 2.45) is 0 Å². The van der Waals surface area contributed by atoms with Crippen LogP contribution in [0.15, 0.2) is 24.3 Å². The van der Waals surface area contributed by atoms with Crippen LogP contribution in [-0.4, -0.2) is 34.6 Å². The molecule has 0 aromatic heterocycles. The number of carboxylic acid groups (broad SMARTS) is 1. The highest BCUT2D eigenvalue weighted by molar-refractivity contribution is 5.73. The van der Waals surface area contributed by atoms with Gasteiger partial charge in [0.05, 0.1) is 0 Å². The molecule has 4 heteroatoms. The van der Waals surface area contributed by atoms with Crippen LogP contribution in [-0.2, 0) is 11.2 Å². The van der Waals surface area contributed by atoms with E-state index in [-0.39, 0.29) is 17.9 Å². The van der Waals surface area contributed by atoms with Crippen molar-refractivity contribution >= 4 is 5.97 Å². The van der Waals surface area contributed by atoms with Crippen LogP contribution in [0.1, 0.15) is 31.7 Å². The number of carboxylic acids is 1. The first-order valence-corrected chi connectivity index (χ1v) is 6.81. The van der Waals surface area contributed by atoms with Gasteiger partial charge < -0.3 is 5.11 Å². The van der Waals surface area contributed by atoms with E-state index in [9.17, 15) is 9.18 Å². The predicted octanol–water partition coefficient (Wildman–Crippen LogP) is 2.70. The molecule has 1 aliphatic heterocycles. The second-order valence-electron chi connectivity index (χ2n) is 5.25. The maximum atomic E-state index is 13.1. The molecule has 1 fully saturated rings. The van der Waals surface area contributed by atoms with Gasteiger partial charge in [-0.15, -0.1) is 0 Å². The van der Waals surface area contributed by atoms with E-state index in [1.54, 1.807) is 12.1 Å². The van der Waals surface area contributed by atoms with Crippen molar-refractivity contribution in [3.05, 3.63) is 35.6 Å². The molecule has 0 amide bonds. The molecule has 2 rings (SSSR count). The Balaban J connectivity index is 1.90. The average Bonchev–Trinajstić information content (AvgIpc) is 2.85. The molecular formula is C15H20FNO2. The number of benzene rings is 1. The first kappa shape index (κ1) is 14.0. The lowest BCUT2D eigenvalue weighted by molar-refractivity contribution is -0.142. The van der Waals surface area contributed by atoms with Crippen LogP contribution in [0.5, 0.6) is 0 Å². The number of carbonyl (C=O) groups is 1. The molecule has 0 radical (unpaired) electrons. The maximum Gasteiger partial charge on any atom is 0.320 e. The van der Waals surface area contributed by atoms with E-state index in [0.717, 1.165) is 37.8 Å². The van der Waals surface area contributed by atoms with Crippen molar-refractivity contribution in [2.45, 2.75) is 44.7 Å². The van der Waals surface area contributed by atoms with Gasteiger partial charge in [0.15, 0.2) is 0 Å². The third-order valence-corrected chi connectivity index (χ3v) is 3.89. The normalized spacial score (nSPS) is 21.5. The first-order valence-electron chi connectivity index (χ1n) is 6.81. The number of hydrogen-bond donors (Lipinski definition) is 1. The number of hydrogen-bond acceptors (Lipinski definition) is 2. The van der Waals surface area contributed by atoms with E-state index in [4.69, 9.17) is 5.11 Å². The van der Waals surface area contributed by atoms with E-state index >= 15 is 0 Å². The third-order valence-electron chi connectivity index (χ3n) is 3.89. The van der Waals surface area contributed by atoms with Crippen molar-refractivity contribution in [1.82, 2.24) is 4.90 Å². The van der Waals surface area contributed by atoms with Gasteiger partial charge in [-0.3, -0.25) is 9.69 Å². The number of rotatable bonds is 5. The lowest BCUT2D eigenvalue weighted by Gasteiger charge is -2.28. The second-order valence-corrected chi connectivity index (χ2v) is 5.25. The van der Waals surface area contributed by atoms with Crippen LogP contribution in [0.2, 0.25) is 0 Å². The zero-order valence-corrected chi connectivity index (χ0v) is 11.2. The molecule has 1 unspecified atom stereocenters. The Morgan fingerprint density at radius 2 is 2.37 bits per heavy atom. The van der Waals surface area contributed by atoms with Gasteiger partial charge in [0.2, 0.25) is 0 Å². The van der Waals surface area contributed by atoms with Crippen molar-refractivity contribution in [3.8, 4) is 0 Å². The Bertz CT molecular complexity index is 450. The van der Waals surface area contributed by atoms with Gasteiger partial charge in [0.25, 0.3) is 0 Å². The molecule has 0 saturated carbocycles. The number of aryl methyl sites for hydroxylation is 1. The molecule has 1 heterocycles. The number of aliphatic carboxylic acids is 1. The molecule has 1 aromatic carbocycles. The molecule has 1 aliphatic rings. The number of nitrogens with zero attached hydrogens (tertiary/aromatic N) is 1. The van der Waals surface area contributed by atoms with E-state index in [1.807, 2.05) is 6.07 Å². The van der Waals surface area contributed by atoms with E-state index in [2.05, 4.69) is 11.8 Å². The molecule has 3 nitrogen and oxygen atoms in total. The summed E-state index contributed by atoms with van der Waals surface area (Å²) < 4.78 is 13.1. The fourth-order valence-corrected chi connectivity index (χ4v) is 2.82. The van der Waals surface area contributed by atoms with Gasteiger partial charge in [-0.05, 0) is 56.8 Å². The van der Waals surface area contributed by atoms with E-state index in [0.29, 0.717) is 0 Å². The Morgan fingerprint density at radius 3 is 3.05 bits per heavy atom. The minimum Gasteiger partial charge on any atom is -0.480 e. The minimum atomic E-state index is -0.727. The van der Waals surface area contributed by atoms with E-state index in [1.165, 1.54) is 6.07 Å². The smallest absolute Gasteiger partial charge is 0.320 e. The summed E-state index contributed by atoms with van der Waals surface area (Å²) in [7, 11) is 0. The van der Waals surface area contributed by atoms with Crippen LogP contribution in [0.3, 0.4) is 0 Å². The lowest BCUT2D eigenvalue weighted by atomic mass is 10.0. The SMILES string of the molecule is CC(CCc1cccc(F)c1)N1CCC[C@H]1C(=O)O. The predicted molar refractivity (Wildman–Crippen MR) is 71.5 cm³/mol. The molecular weight excluding hydrogens is 245 g/mol. The highest BCUT2D eigenvalue weighted by Crippen LogP contribution is 2.22. The summed E-state index contributed by atoms with van der Waals surface area (Å²) in [5, 5.41) is 9.16. The van der Waals surface area contributed by atoms with Gasteiger partial charge in [0, 0.05) is 6.04 Å². The summed E-state index contributed by atoms with van der Waals surface area (Å²) in [5.74, 6) is -0.940. The van der Waals surface area contributed by atoms with E-state index < -0.39 is 5.97 Å². The highest BCUT2D eigenvalue weighted by atomic mass is 19.1. The molecule has 1 N–H and O–H groups in total. The molecule has 1 saturated heterocycles. The summed E-state index contributed by atoms with van der Waals surface area (Å²) in [5.41, 5.74) is 0.970. The zero-order chi connectivity index (χ0) is 13.8. The quantitative estimate of drug-likeness (QED) is 0.890. The van der Waals surface area contributed by atoms with Gasteiger partial charge in [0.1, 0.15) is 11.9 Å². The summed E-state index contributed by atoms with van der Waals surface area (Å²) in [6.45, 7) is 2.90. The Labute approximate surface area is 113 Å². The highest BCUT2D eigenvalue weighted by Gasteiger charge is 2.33. The Kier molecular flexibility index (Phi) is 4.53. The summed E-state index contributed by atoms with van der Waals surface area (Å²) in [6, 6.07) is 6.48. The van der Waals surface area contributed by atoms with Crippen molar-refractivity contribution in [3.63, 3.8) is 0 Å². The largest absolute Gasteiger partial charge is 0.480 e. The van der Waals surface area contributed by atoms with Gasteiger partial charge in [-0.2, -0.15) is 0 Å². The van der Waals surface area contributed by atoms with Crippen molar-refractivity contribution in [1.29, 1.82) is 0 Å². The maximum absolute atomic E-state index is 13.1. The van der Waals surface area contributed by atoms with Crippen LogP contribution < -0.4 is 0 Å².